The maximum absolute atomic E-state index is 15.0. The van der Waals surface area contributed by atoms with Gasteiger partial charge in [0.05, 0.1) is 16.2 Å². The maximum Gasteiger partial charge on any atom is 0.415 e. The van der Waals surface area contributed by atoms with Crippen LogP contribution < -0.4 is 10.6 Å². The monoisotopic (exact) mass is 655 g/mol. The van der Waals surface area contributed by atoms with Crippen molar-refractivity contribution in [3.63, 3.8) is 0 Å². The molecule has 1 amide bonds. The van der Waals surface area contributed by atoms with E-state index in [1.165, 1.54) is 48.7 Å². The van der Waals surface area contributed by atoms with Crippen LogP contribution >= 0.6 is 36.1 Å². The second-order valence-electron chi connectivity index (χ2n) is 8.71. The Morgan fingerprint density at radius 3 is 2.37 bits per heavy atom. The van der Waals surface area contributed by atoms with Gasteiger partial charge in [0.2, 0.25) is 16.8 Å². The lowest BCUT2D eigenvalue weighted by Gasteiger charge is -2.47. The summed E-state index contributed by atoms with van der Waals surface area (Å²) in [4.78, 5) is 40.3. The number of alkyl halides is 4. The number of nitrogens with one attached hydrogen (secondary N) is 2. The van der Waals surface area contributed by atoms with Gasteiger partial charge in [0.15, 0.2) is 5.69 Å². The van der Waals surface area contributed by atoms with Crippen molar-refractivity contribution in [3.8, 4) is 0 Å². The summed E-state index contributed by atoms with van der Waals surface area (Å²) in [6, 6.07) is 11.7. The number of hydrogen-bond acceptors (Lipinski definition) is 10. The fraction of sp³-hybridized carbons (Fsp3) is 0.154. The van der Waals surface area contributed by atoms with Crippen molar-refractivity contribution in [2.24, 2.45) is 0 Å². The first-order valence-electron chi connectivity index (χ1n) is 11.9. The van der Waals surface area contributed by atoms with Gasteiger partial charge in [-0.2, -0.15) is 13.2 Å². The third kappa shape index (κ3) is 6.15. The molecule has 1 aliphatic rings. The van der Waals surface area contributed by atoms with Crippen LogP contribution in [-0.2, 0) is 14.5 Å². The van der Waals surface area contributed by atoms with Crippen LogP contribution in [0.3, 0.4) is 0 Å². The zero-order chi connectivity index (χ0) is 31.4. The Hall–Kier alpha value is -4.18. The predicted octanol–water partition coefficient (Wildman–Crippen LogP) is 5.16. The average Bonchev–Trinajstić information content (AvgIpc) is 2.98. The summed E-state index contributed by atoms with van der Waals surface area (Å²) in [6.07, 6.45) is -2.17. The van der Waals surface area contributed by atoms with Gasteiger partial charge in [-0.15, -0.1) is 0 Å². The number of para-hydroxylation sites is 1. The molecule has 43 heavy (non-hydrogen) atoms. The lowest BCUT2D eigenvalue weighted by molar-refractivity contribution is -0.385. The number of carbonyl (C=O) groups excluding carboxylic acids is 2. The third-order valence-electron chi connectivity index (χ3n) is 6.11. The van der Waals surface area contributed by atoms with Crippen molar-refractivity contribution in [3.05, 3.63) is 123 Å². The van der Waals surface area contributed by atoms with Crippen LogP contribution in [0, 0.1) is 10.1 Å². The normalized spacial score (nSPS) is 20.7. The highest BCUT2D eigenvalue weighted by atomic mass is 35.5. The van der Waals surface area contributed by atoms with Crippen molar-refractivity contribution in [1.29, 1.82) is 0 Å². The Morgan fingerprint density at radius 1 is 1.09 bits per heavy atom. The molecular formula is C26H18Cl2F3N5O6S. The number of hydrogen-bond donors (Lipinski definition) is 3. The number of aromatic nitrogens is 2. The number of rotatable bonds is 9. The number of carbonyl (C=O) groups is 2. The topological polar surface area (TPSA) is 146 Å². The SMILES string of the molecule is O=C(OC1(c2ccccc2)C(Cl)=CC(NC(NC(=O)c2ccccc2[N+](=O)[O-])OS)=CC1(Cl)C(F)(F)F)c1cnccn1. The molecule has 11 nitrogen and oxygen atoms in total. The summed E-state index contributed by atoms with van der Waals surface area (Å²) in [5.41, 5.74) is -4.87. The molecule has 2 aromatic carbocycles. The number of esters is 1. The molecule has 1 heterocycles. The molecule has 0 radical (unpaired) electrons. The Balaban J connectivity index is 1.76. The van der Waals surface area contributed by atoms with Crippen LogP contribution in [0.5, 0.6) is 0 Å². The number of benzene rings is 2. The largest absolute Gasteiger partial charge is 0.441 e. The van der Waals surface area contributed by atoms with Crippen LogP contribution in [0.4, 0.5) is 18.9 Å². The van der Waals surface area contributed by atoms with Gasteiger partial charge in [-0.25, -0.2) is 9.78 Å². The molecule has 0 fully saturated rings. The number of nitro benzene ring substituents is 1. The molecule has 17 heteroatoms. The van der Waals surface area contributed by atoms with Crippen LogP contribution in [0.1, 0.15) is 26.4 Å². The molecule has 4 rings (SSSR count). The molecule has 2 N–H and O–H groups in total. The summed E-state index contributed by atoms with van der Waals surface area (Å²) >= 11 is 16.6. The summed E-state index contributed by atoms with van der Waals surface area (Å²) in [5.74, 6) is -2.33. The van der Waals surface area contributed by atoms with E-state index in [1.54, 1.807) is 0 Å². The summed E-state index contributed by atoms with van der Waals surface area (Å²) < 4.78 is 55.3. The number of ether oxygens (including phenoxy) is 1. The fourth-order valence-electron chi connectivity index (χ4n) is 4.19. The summed E-state index contributed by atoms with van der Waals surface area (Å²) in [6.45, 7) is 0. The number of nitrogens with zero attached hydrogens (tertiary/aromatic N) is 3. The Bertz CT molecular complexity index is 1600. The van der Waals surface area contributed by atoms with Gasteiger partial charge >= 0.3 is 12.1 Å². The van der Waals surface area contributed by atoms with Crippen molar-refractivity contribution in [2.45, 2.75) is 23.0 Å². The molecule has 0 saturated heterocycles. The Morgan fingerprint density at radius 2 is 1.77 bits per heavy atom. The zero-order valence-corrected chi connectivity index (χ0v) is 23.7. The van der Waals surface area contributed by atoms with E-state index in [0.29, 0.717) is 6.08 Å². The molecule has 224 valence electrons. The number of halogens is 5. The van der Waals surface area contributed by atoms with Crippen LogP contribution in [0.2, 0.25) is 0 Å². The van der Waals surface area contributed by atoms with E-state index in [2.05, 4.69) is 33.5 Å². The lowest BCUT2D eigenvalue weighted by atomic mass is 9.75. The molecule has 1 aromatic heterocycles. The molecule has 0 saturated carbocycles. The average molecular weight is 656 g/mol. The highest BCUT2D eigenvalue weighted by Crippen LogP contribution is 2.58. The number of nitro groups is 1. The van der Waals surface area contributed by atoms with Gasteiger partial charge in [0, 0.05) is 29.7 Å². The minimum Gasteiger partial charge on any atom is -0.441 e. The highest BCUT2D eigenvalue weighted by Gasteiger charge is 2.71. The Labute approximate surface area is 256 Å². The molecule has 3 aromatic rings. The first-order chi connectivity index (χ1) is 20.3. The van der Waals surface area contributed by atoms with Crippen LogP contribution in [-0.4, -0.2) is 44.2 Å². The molecule has 3 atom stereocenters. The van der Waals surface area contributed by atoms with Gasteiger partial charge in [-0.1, -0.05) is 65.7 Å². The van der Waals surface area contributed by atoms with Crippen LogP contribution in [0.15, 0.2) is 96.1 Å². The molecule has 1 aliphatic carbocycles. The molecule has 0 spiro atoms. The summed E-state index contributed by atoms with van der Waals surface area (Å²) in [5, 5.41) is 15.3. The third-order valence-corrected chi connectivity index (χ3v) is 7.28. The van der Waals surface area contributed by atoms with Crippen molar-refractivity contribution >= 4 is 53.7 Å². The lowest BCUT2D eigenvalue weighted by Crippen LogP contribution is -2.60. The van der Waals surface area contributed by atoms with E-state index in [0.717, 1.165) is 30.6 Å². The standard InChI is InChI=1S/C26H18Cl2F3N5O6S/c27-20-12-16(34-23(42-43)35-21(37)17-8-4-5-9-19(17)36(39)40)13-24(28,26(29,30)31)25(20,15-6-2-1-3-7-15)41-22(38)18-14-32-10-11-33-18/h1-14,23,34,43H,(H,35,37). The second kappa shape index (κ2) is 12.6. The Kier molecular flexibility index (Phi) is 9.29. The minimum absolute atomic E-state index is 0.234. The highest BCUT2D eigenvalue weighted by molar-refractivity contribution is 7.75. The van der Waals surface area contributed by atoms with Gasteiger partial charge in [0.25, 0.3) is 11.6 Å². The van der Waals surface area contributed by atoms with Gasteiger partial charge in [-0.05, 0) is 31.1 Å². The van der Waals surface area contributed by atoms with Crippen LogP contribution in [0.25, 0.3) is 0 Å². The number of amides is 1. The van der Waals surface area contributed by atoms with Crippen molar-refractivity contribution < 1.29 is 36.6 Å². The predicted molar refractivity (Wildman–Crippen MR) is 150 cm³/mol. The van der Waals surface area contributed by atoms with Gasteiger partial charge < -0.3 is 15.4 Å². The molecule has 3 unspecified atom stereocenters. The second-order valence-corrected chi connectivity index (χ2v) is 9.92. The first kappa shape index (κ1) is 31.7. The van der Waals surface area contributed by atoms with E-state index < -0.39 is 61.9 Å². The van der Waals surface area contributed by atoms with E-state index in [1.807, 2.05) is 0 Å². The number of thiol groups is 1. The molecular weight excluding hydrogens is 638 g/mol. The quantitative estimate of drug-likeness (QED) is 0.0541. The van der Waals surface area contributed by atoms with E-state index in [4.69, 9.17) is 32.1 Å². The van der Waals surface area contributed by atoms with Crippen molar-refractivity contribution in [1.82, 2.24) is 20.6 Å². The molecule has 0 bridgehead atoms. The zero-order valence-electron chi connectivity index (χ0n) is 21.3. The number of allylic oxidation sites excluding steroid dienone is 1. The van der Waals surface area contributed by atoms with Gasteiger partial charge in [0.1, 0.15) is 5.56 Å². The molecule has 0 aliphatic heterocycles. The fourth-order valence-corrected chi connectivity index (χ4v) is 5.13. The minimum atomic E-state index is -5.33. The summed E-state index contributed by atoms with van der Waals surface area (Å²) in [7, 11) is 0. The van der Waals surface area contributed by atoms with Crippen molar-refractivity contribution in [2.75, 3.05) is 0 Å². The smallest absolute Gasteiger partial charge is 0.415 e. The maximum atomic E-state index is 15.0. The van der Waals surface area contributed by atoms with E-state index in [9.17, 15) is 32.9 Å². The van der Waals surface area contributed by atoms with E-state index >= 15 is 0 Å². The van der Waals surface area contributed by atoms with Gasteiger partial charge in [-0.3, -0.25) is 24.1 Å². The van der Waals surface area contributed by atoms with E-state index in [-0.39, 0.29) is 11.1 Å². The first-order valence-corrected chi connectivity index (χ1v) is 13.0.